The third kappa shape index (κ3) is 4.56. The van der Waals surface area contributed by atoms with Crippen molar-refractivity contribution in [2.24, 2.45) is 17.1 Å². The minimum atomic E-state index is -0.294. The highest BCUT2D eigenvalue weighted by molar-refractivity contribution is 7.80. The van der Waals surface area contributed by atoms with Crippen LogP contribution in [0.1, 0.15) is 58.8 Å². The fourth-order valence-electron chi connectivity index (χ4n) is 2.70. The molecule has 0 heterocycles. The number of carbonyl (C=O) groups excluding carboxylic acids is 1. The van der Waals surface area contributed by atoms with Gasteiger partial charge in [0.25, 0.3) is 0 Å². The summed E-state index contributed by atoms with van der Waals surface area (Å²) >= 11 is 4.97. The van der Waals surface area contributed by atoms with Gasteiger partial charge in [-0.15, -0.1) is 0 Å². The molecule has 0 aromatic heterocycles. The molecule has 0 aromatic rings. The van der Waals surface area contributed by atoms with Crippen molar-refractivity contribution in [2.45, 2.75) is 58.8 Å². The number of nitrogens with two attached hydrogens (primary N) is 1. The number of rotatable bonds is 6. The Hall–Kier alpha value is -0.640. The summed E-state index contributed by atoms with van der Waals surface area (Å²) in [4.78, 5) is 12.4. The summed E-state index contributed by atoms with van der Waals surface area (Å²) < 4.78 is 0. The minimum absolute atomic E-state index is 0.0103. The summed E-state index contributed by atoms with van der Waals surface area (Å²) in [5.41, 5.74) is 5.90. The van der Waals surface area contributed by atoms with Gasteiger partial charge >= 0.3 is 0 Å². The maximum Gasteiger partial charge on any atom is 0.229 e. The molecule has 1 unspecified atom stereocenters. The summed E-state index contributed by atoms with van der Waals surface area (Å²) in [5.74, 6) is -0.284. The van der Waals surface area contributed by atoms with Crippen LogP contribution in [0.25, 0.3) is 0 Å². The smallest absolute Gasteiger partial charge is 0.229 e. The van der Waals surface area contributed by atoms with Crippen molar-refractivity contribution < 1.29 is 4.79 Å². The third-order valence-electron chi connectivity index (χ3n) is 3.99. The third-order valence-corrected chi connectivity index (χ3v) is 4.27. The normalized spacial score (nSPS) is 20.1. The second-order valence-electron chi connectivity index (χ2n) is 5.83. The number of thiocarbonyl (C=S) groups is 1. The zero-order valence-corrected chi connectivity index (χ0v) is 12.4. The van der Waals surface area contributed by atoms with Crippen molar-refractivity contribution in [3.63, 3.8) is 0 Å². The molecular weight excluding hydrogens is 244 g/mol. The molecule has 0 saturated heterocycles. The summed E-state index contributed by atoms with van der Waals surface area (Å²) in [6, 6.07) is 0. The van der Waals surface area contributed by atoms with E-state index in [1.165, 1.54) is 32.1 Å². The molecule has 0 aromatic carbocycles. The van der Waals surface area contributed by atoms with Gasteiger partial charge in [-0.05, 0) is 24.7 Å². The van der Waals surface area contributed by atoms with Gasteiger partial charge in [0.15, 0.2) is 0 Å². The summed E-state index contributed by atoms with van der Waals surface area (Å²) in [5, 5.41) is 3.05. The lowest BCUT2D eigenvalue weighted by Gasteiger charge is -2.34. The number of nitrogens with one attached hydrogen (secondary N) is 1. The highest BCUT2D eigenvalue weighted by Gasteiger charge is 2.28. The van der Waals surface area contributed by atoms with Crippen LogP contribution in [0.5, 0.6) is 0 Å². The zero-order valence-electron chi connectivity index (χ0n) is 11.6. The van der Waals surface area contributed by atoms with Crippen LogP contribution in [0.4, 0.5) is 0 Å². The molecule has 4 heteroatoms. The van der Waals surface area contributed by atoms with E-state index in [9.17, 15) is 4.79 Å². The average molecular weight is 270 g/mol. The molecule has 0 spiro atoms. The van der Waals surface area contributed by atoms with Gasteiger partial charge in [0, 0.05) is 6.54 Å². The highest BCUT2D eigenvalue weighted by atomic mass is 32.1. The Morgan fingerprint density at radius 2 is 2.00 bits per heavy atom. The van der Waals surface area contributed by atoms with Gasteiger partial charge in [-0.2, -0.15) is 0 Å². The Morgan fingerprint density at radius 1 is 1.39 bits per heavy atom. The van der Waals surface area contributed by atoms with Crippen molar-refractivity contribution in [3.8, 4) is 0 Å². The average Bonchev–Trinajstić information content (AvgIpc) is 2.34. The summed E-state index contributed by atoms with van der Waals surface area (Å²) in [7, 11) is 0. The molecule has 1 aliphatic rings. The number of amides is 1. The van der Waals surface area contributed by atoms with E-state index in [0.717, 1.165) is 19.4 Å². The molecule has 1 amide bonds. The topological polar surface area (TPSA) is 55.1 Å². The first kappa shape index (κ1) is 15.4. The van der Waals surface area contributed by atoms with E-state index in [2.05, 4.69) is 12.2 Å². The first-order valence-corrected chi connectivity index (χ1v) is 7.46. The lowest BCUT2D eigenvalue weighted by atomic mass is 9.75. The van der Waals surface area contributed by atoms with E-state index < -0.39 is 0 Å². The Balaban J connectivity index is 2.45. The van der Waals surface area contributed by atoms with Gasteiger partial charge in [-0.25, -0.2) is 0 Å². The molecule has 1 fully saturated rings. The molecule has 1 rings (SSSR count). The Bertz CT molecular complexity index is 298. The fraction of sp³-hybridized carbons (Fsp3) is 0.857. The number of hydrogen-bond acceptors (Lipinski definition) is 2. The second kappa shape index (κ2) is 7.07. The van der Waals surface area contributed by atoms with Gasteiger partial charge in [0.2, 0.25) is 5.91 Å². The number of hydrogen-bond donors (Lipinski definition) is 2. The van der Waals surface area contributed by atoms with Gasteiger partial charge < -0.3 is 11.1 Å². The van der Waals surface area contributed by atoms with E-state index in [1.807, 2.05) is 6.92 Å². The van der Waals surface area contributed by atoms with Gasteiger partial charge in [0.05, 0.1) is 10.9 Å². The zero-order chi connectivity index (χ0) is 13.6. The molecular formula is C14H26N2OS. The maximum atomic E-state index is 12.1. The maximum absolute atomic E-state index is 12.1. The van der Waals surface area contributed by atoms with Crippen LogP contribution in [0.3, 0.4) is 0 Å². The van der Waals surface area contributed by atoms with Crippen molar-refractivity contribution >= 4 is 23.1 Å². The molecule has 18 heavy (non-hydrogen) atoms. The standard InChI is InChI=1S/C14H26N2OS/c1-3-7-11(12(15)18)13(17)16-10-14(2)8-5-4-6-9-14/h11H,3-10H2,1-2H3,(H2,15,18)(H,16,17). The van der Waals surface area contributed by atoms with Crippen LogP contribution in [0.2, 0.25) is 0 Å². The molecule has 0 bridgehead atoms. The van der Waals surface area contributed by atoms with Crippen LogP contribution in [-0.2, 0) is 4.79 Å². The van der Waals surface area contributed by atoms with E-state index in [0.29, 0.717) is 4.99 Å². The predicted octanol–water partition coefficient (Wildman–Crippen LogP) is 2.78. The van der Waals surface area contributed by atoms with Crippen LogP contribution in [-0.4, -0.2) is 17.4 Å². The lowest BCUT2D eigenvalue weighted by Crippen LogP contribution is -2.43. The monoisotopic (exact) mass is 270 g/mol. The van der Waals surface area contributed by atoms with Crippen LogP contribution in [0.15, 0.2) is 0 Å². The van der Waals surface area contributed by atoms with Gasteiger partial charge in [0.1, 0.15) is 0 Å². The Labute approximate surface area is 116 Å². The van der Waals surface area contributed by atoms with Crippen LogP contribution < -0.4 is 11.1 Å². The first-order chi connectivity index (χ1) is 8.48. The molecule has 0 radical (unpaired) electrons. The van der Waals surface area contributed by atoms with Gasteiger partial charge in [-0.3, -0.25) is 4.79 Å². The molecule has 1 atom stereocenters. The lowest BCUT2D eigenvalue weighted by molar-refractivity contribution is -0.123. The van der Waals surface area contributed by atoms with E-state index in [-0.39, 0.29) is 17.2 Å². The van der Waals surface area contributed by atoms with E-state index >= 15 is 0 Å². The molecule has 3 N–H and O–H groups in total. The van der Waals surface area contributed by atoms with Crippen molar-refractivity contribution in [2.75, 3.05) is 6.54 Å². The molecule has 1 aliphatic carbocycles. The predicted molar refractivity (Wildman–Crippen MR) is 79.4 cm³/mol. The Morgan fingerprint density at radius 3 is 2.50 bits per heavy atom. The van der Waals surface area contributed by atoms with Gasteiger partial charge in [-0.1, -0.05) is 51.7 Å². The largest absolute Gasteiger partial charge is 0.393 e. The van der Waals surface area contributed by atoms with Crippen LogP contribution in [0, 0.1) is 11.3 Å². The molecule has 104 valence electrons. The van der Waals surface area contributed by atoms with E-state index in [4.69, 9.17) is 18.0 Å². The molecule has 1 saturated carbocycles. The molecule has 3 nitrogen and oxygen atoms in total. The summed E-state index contributed by atoms with van der Waals surface area (Å²) in [6.45, 7) is 5.07. The SMILES string of the molecule is CCCC(C(=O)NCC1(C)CCCCC1)C(N)=S. The summed E-state index contributed by atoms with van der Waals surface area (Å²) in [6.07, 6.45) is 7.97. The fourth-order valence-corrected chi connectivity index (χ4v) is 2.92. The second-order valence-corrected chi connectivity index (χ2v) is 6.30. The van der Waals surface area contributed by atoms with Crippen molar-refractivity contribution in [3.05, 3.63) is 0 Å². The minimum Gasteiger partial charge on any atom is -0.393 e. The number of carbonyl (C=O) groups is 1. The van der Waals surface area contributed by atoms with E-state index in [1.54, 1.807) is 0 Å². The van der Waals surface area contributed by atoms with Crippen molar-refractivity contribution in [1.29, 1.82) is 0 Å². The highest BCUT2D eigenvalue weighted by Crippen LogP contribution is 2.34. The molecule has 0 aliphatic heterocycles. The first-order valence-electron chi connectivity index (χ1n) is 7.05. The quantitative estimate of drug-likeness (QED) is 0.730. The van der Waals surface area contributed by atoms with Crippen LogP contribution >= 0.6 is 12.2 Å². The Kier molecular flexibility index (Phi) is 6.06. The van der Waals surface area contributed by atoms with Crippen molar-refractivity contribution in [1.82, 2.24) is 5.32 Å².